The lowest BCUT2D eigenvalue weighted by Crippen LogP contribution is -2.29. The molecule has 1 fully saturated rings. The molecule has 0 aromatic carbocycles. The quantitative estimate of drug-likeness (QED) is 0.540. The van der Waals surface area contributed by atoms with Crippen LogP contribution in [-0.2, 0) is 0 Å². The number of nitrogens with one attached hydrogen (secondary N) is 1. The minimum absolute atomic E-state index is 0.299. The summed E-state index contributed by atoms with van der Waals surface area (Å²) in [5.41, 5.74) is 5.27. The van der Waals surface area contributed by atoms with E-state index in [-0.39, 0.29) is 0 Å². The lowest BCUT2D eigenvalue weighted by molar-refractivity contribution is 0.495. The van der Waals surface area contributed by atoms with E-state index in [1.165, 1.54) is 24.0 Å². The van der Waals surface area contributed by atoms with Crippen LogP contribution in [0, 0.1) is 12.8 Å². The Morgan fingerprint density at radius 2 is 2.31 bits per heavy atom. The average molecular weight is 177 g/mol. The lowest BCUT2D eigenvalue weighted by atomic mass is 10.0. The number of nitrogens with two attached hydrogens (primary N) is 1. The van der Waals surface area contributed by atoms with Crippen molar-refractivity contribution in [2.75, 3.05) is 0 Å². The van der Waals surface area contributed by atoms with E-state index in [1.54, 1.807) is 0 Å². The number of nitrogens with zero attached hydrogens (tertiary/aromatic N) is 1. The second-order valence-electron chi connectivity index (χ2n) is 3.78. The highest BCUT2D eigenvalue weighted by Crippen LogP contribution is 2.40. The highest BCUT2D eigenvalue weighted by Gasteiger charge is 2.31. The minimum atomic E-state index is 0.299. The summed E-state index contributed by atoms with van der Waals surface area (Å²) in [6.45, 7) is 2.05. The maximum absolute atomic E-state index is 5.52. The third kappa shape index (κ3) is 1.87. The Labute approximate surface area is 78.3 Å². The van der Waals surface area contributed by atoms with Gasteiger partial charge in [0.05, 0.1) is 6.04 Å². The molecule has 13 heavy (non-hydrogen) atoms. The predicted molar refractivity (Wildman–Crippen MR) is 51.8 cm³/mol. The molecule has 3 heteroatoms. The highest BCUT2D eigenvalue weighted by atomic mass is 15.2. The van der Waals surface area contributed by atoms with Gasteiger partial charge in [-0.3, -0.25) is 16.3 Å². The van der Waals surface area contributed by atoms with Gasteiger partial charge >= 0.3 is 0 Å². The summed E-state index contributed by atoms with van der Waals surface area (Å²) in [5.74, 6) is 6.23. The second kappa shape index (κ2) is 3.44. The van der Waals surface area contributed by atoms with E-state index in [0.717, 1.165) is 0 Å². The van der Waals surface area contributed by atoms with Gasteiger partial charge in [-0.2, -0.15) is 0 Å². The first kappa shape index (κ1) is 8.66. The Balaban J connectivity index is 2.21. The Bertz CT molecular complexity index is 294. The molecule has 3 N–H and O–H groups in total. The molecule has 3 nitrogen and oxygen atoms in total. The Hall–Kier alpha value is -0.930. The molecule has 0 radical (unpaired) electrons. The van der Waals surface area contributed by atoms with Crippen LogP contribution in [0.5, 0.6) is 0 Å². The third-order valence-corrected chi connectivity index (χ3v) is 2.53. The molecule has 1 aliphatic carbocycles. The average Bonchev–Trinajstić information content (AvgIpc) is 2.90. The molecule has 70 valence electrons. The molecule has 0 spiro atoms. The molecule has 2 rings (SSSR count). The molecule has 0 aliphatic heterocycles. The van der Waals surface area contributed by atoms with Gasteiger partial charge in [-0.15, -0.1) is 0 Å². The minimum Gasteiger partial charge on any atom is -0.271 e. The fraction of sp³-hybridized carbons (Fsp3) is 0.500. The zero-order chi connectivity index (χ0) is 9.26. The standard InChI is InChI=1S/C10H15N3/c1-7-4-9(6-12-5-7)10(13-11)8-2-3-8/h4-6,8,10,13H,2-3,11H2,1H3. The van der Waals surface area contributed by atoms with Gasteiger partial charge in [0, 0.05) is 12.4 Å². The molecule has 1 aliphatic rings. The van der Waals surface area contributed by atoms with Crippen molar-refractivity contribution in [3.63, 3.8) is 0 Å². The molecule has 1 unspecified atom stereocenters. The summed E-state index contributed by atoms with van der Waals surface area (Å²) in [6, 6.07) is 2.45. The third-order valence-electron chi connectivity index (χ3n) is 2.53. The summed E-state index contributed by atoms with van der Waals surface area (Å²) in [7, 11) is 0. The van der Waals surface area contributed by atoms with Gasteiger partial charge in [0.15, 0.2) is 0 Å². The monoisotopic (exact) mass is 177 g/mol. The summed E-state index contributed by atoms with van der Waals surface area (Å²) in [6.07, 6.45) is 6.32. The van der Waals surface area contributed by atoms with E-state index in [9.17, 15) is 0 Å². The van der Waals surface area contributed by atoms with Crippen LogP contribution < -0.4 is 11.3 Å². The van der Waals surface area contributed by atoms with Crippen molar-refractivity contribution in [2.45, 2.75) is 25.8 Å². The number of aromatic nitrogens is 1. The van der Waals surface area contributed by atoms with Crippen LogP contribution in [0.25, 0.3) is 0 Å². The van der Waals surface area contributed by atoms with Crippen molar-refractivity contribution < 1.29 is 0 Å². The van der Waals surface area contributed by atoms with Crippen LogP contribution in [0.1, 0.15) is 30.0 Å². The van der Waals surface area contributed by atoms with E-state index in [2.05, 4.69) is 23.4 Å². The SMILES string of the molecule is Cc1cncc(C(NN)C2CC2)c1. The normalized spacial score (nSPS) is 18.6. The van der Waals surface area contributed by atoms with E-state index in [4.69, 9.17) is 5.84 Å². The molecule has 0 saturated heterocycles. The van der Waals surface area contributed by atoms with Crippen molar-refractivity contribution in [1.82, 2.24) is 10.4 Å². The van der Waals surface area contributed by atoms with Gasteiger partial charge in [-0.05, 0) is 36.8 Å². The fourth-order valence-electron chi connectivity index (χ4n) is 1.68. The molecular formula is C10H15N3. The number of aryl methyl sites for hydroxylation is 1. The highest BCUT2D eigenvalue weighted by molar-refractivity contribution is 5.21. The van der Waals surface area contributed by atoms with Gasteiger partial charge in [0.2, 0.25) is 0 Å². The van der Waals surface area contributed by atoms with Crippen LogP contribution in [0.4, 0.5) is 0 Å². The summed E-state index contributed by atoms with van der Waals surface area (Å²) >= 11 is 0. The van der Waals surface area contributed by atoms with Gasteiger partial charge in [0.25, 0.3) is 0 Å². The summed E-state index contributed by atoms with van der Waals surface area (Å²) < 4.78 is 0. The first-order chi connectivity index (χ1) is 6.31. The van der Waals surface area contributed by atoms with E-state index >= 15 is 0 Å². The number of rotatable bonds is 3. The number of pyridine rings is 1. The smallest absolute Gasteiger partial charge is 0.0503 e. The van der Waals surface area contributed by atoms with Gasteiger partial charge in [-0.25, -0.2) is 0 Å². The maximum Gasteiger partial charge on any atom is 0.0503 e. The zero-order valence-electron chi connectivity index (χ0n) is 7.83. The van der Waals surface area contributed by atoms with Gasteiger partial charge in [0.1, 0.15) is 0 Å². The molecule has 1 aromatic heterocycles. The Morgan fingerprint density at radius 1 is 1.54 bits per heavy atom. The number of hydrazine groups is 1. The van der Waals surface area contributed by atoms with Crippen LogP contribution in [0.2, 0.25) is 0 Å². The lowest BCUT2D eigenvalue weighted by Gasteiger charge is -2.14. The first-order valence-electron chi connectivity index (χ1n) is 4.69. The molecule has 1 atom stereocenters. The van der Waals surface area contributed by atoms with E-state index in [1.807, 2.05) is 12.4 Å². The Morgan fingerprint density at radius 3 is 2.85 bits per heavy atom. The first-order valence-corrected chi connectivity index (χ1v) is 4.69. The predicted octanol–water partition coefficient (Wildman–Crippen LogP) is 1.30. The van der Waals surface area contributed by atoms with Crippen molar-refractivity contribution in [1.29, 1.82) is 0 Å². The van der Waals surface area contributed by atoms with Crippen LogP contribution in [-0.4, -0.2) is 4.98 Å². The van der Waals surface area contributed by atoms with E-state index in [0.29, 0.717) is 12.0 Å². The zero-order valence-corrected chi connectivity index (χ0v) is 7.83. The molecule has 0 bridgehead atoms. The van der Waals surface area contributed by atoms with Gasteiger partial charge < -0.3 is 0 Å². The van der Waals surface area contributed by atoms with Crippen LogP contribution in [0.3, 0.4) is 0 Å². The van der Waals surface area contributed by atoms with Crippen molar-refractivity contribution >= 4 is 0 Å². The molecule has 1 saturated carbocycles. The van der Waals surface area contributed by atoms with Crippen molar-refractivity contribution in [3.8, 4) is 0 Å². The molecule has 0 amide bonds. The fourth-order valence-corrected chi connectivity index (χ4v) is 1.68. The topological polar surface area (TPSA) is 50.9 Å². The van der Waals surface area contributed by atoms with Gasteiger partial charge in [-0.1, -0.05) is 6.07 Å². The summed E-state index contributed by atoms with van der Waals surface area (Å²) in [5, 5.41) is 0. The second-order valence-corrected chi connectivity index (χ2v) is 3.78. The van der Waals surface area contributed by atoms with Crippen LogP contribution >= 0.6 is 0 Å². The number of hydrogen-bond acceptors (Lipinski definition) is 3. The van der Waals surface area contributed by atoms with Crippen molar-refractivity contribution in [2.24, 2.45) is 11.8 Å². The van der Waals surface area contributed by atoms with E-state index < -0.39 is 0 Å². The molecule has 1 aromatic rings. The molecule has 1 heterocycles. The number of hydrogen-bond donors (Lipinski definition) is 2. The van der Waals surface area contributed by atoms with Crippen molar-refractivity contribution in [3.05, 3.63) is 29.6 Å². The maximum atomic E-state index is 5.52. The Kier molecular flexibility index (Phi) is 2.29. The summed E-state index contributed by atoms with van der Waals surface area (Å²) in [4.78, 5) is 4.17. The largest absolute Gasteiger partial charge is 0.271 e. The molecular weight excluding hydrogens is 162 g/mol. The van der Waals surface area contributed by atoms with Crippen LogP contribution in [0.15, 0.2) is 18.5 Å².